The van der Waals surface area contributed by atoms with Crippen molar-refractivity contribution in [2.24, 2.45) is 11.8 Å². The first-order valence-electron chi connectivity index (χ1n) is 5.66. The van der Waals surface area contributed by atoms with E-state index in [1.165, 1.54) is 0 Å². The standard InChI is InChI=1S/C10H22N2O2S/c1-9(2)7-11-15(13,14)12-6-4-5-10(3)8-12/h9-11H,4-8H2,1-3H3/t10-/m1/s1. The van der Waals surface area contributed by atoms with Gasteiger partial charge in [0.25, 0.3) is 10.2 Å². The van der Waals surface area contributed by atoms with Gasteiger partial charge in [-0.1, -0.05) is 20.8 Å². The summed E-state index contributed by atoms with van der Waals surface area (Å²) in [5.74, 6) is 0.830. The van der Waals surface area contributed by atoms with Gasteiger partial charge in [-0.2, -0.15) is 12.7 Å². The Balaban J connectivity index is 2.52. The van der Waals surface area contributed by atoms with Gasteiger partial charge < -0.3 is 0 Å². The summed E-state index contributed by atoms with van der Waals surface area (Å²) in [7, 11) is -3.23. The van der Waals surface area contributed by atoms with Crippen molar-refractivity contribution in [2.75, 3.05) is 19.6 Å². The SMILES string of the molecule is CC(C)CNS(=O)(=O)N1CCC[C@@H](C)C1. The van der Waals surface area contributed by atoms with E-state index in [0.29, 0.717) is 31.5 Å². The maximum absolute atomic E-state index is 11.9. The van der Waals surface area contributed by atoms with Crippen molar-refractivity contribution in [3.63, 3.8) is 0 Å². The lowest BCUT2D eigenvalue weighted by molar-refractivity contribution is 0.277. The van der Waals surface area contributed by atoms with Crippen molar-refractivity contribution < 1.29 is 8.42 Å². The molecule has 0 aromatic heterocycles. The van der Waals surface area contributed by atoms with Crippen LogP contribution in [0.1, 0.15) is 33.6 Å². The first-order valence-corrected chi connectivity index (χ1v) is 7.10. The minimum atomic E-state index is -3.23. The van der Waals surface area contributed by atoms with Crippen LogP contribution in [-0.2, 0) is 10.2 Å². The van der Waals surface area contributed by atoms with Crippen molar-refractivity contribution in [1.29, 1.82) is 0 Å². The Hall–Kier alpha value is -0.130. The zero-order valence-corrected chi connectivity index (χ0v) is 10.7. The maximum atomic E-state index is 11.9. The summed E-state index contributed by atoms with van der Waals surface area (Å²) >= 11 is 0. The summed E-state index contributed by atoms with van der Waals surface area (Å²) in [6, 6.07) is 0. The summed E-state index contributed by atoms with van der Waals surface area (Å²) in [5, 5.41) is 0. The number of nitrogens with one attached hydrogen (secondary N) is 1. The molecular weight excluding hydrogens is 212 g/mol. The molecule has 0 radical (unpaired) electrons. The van der Waals surface area contributed by atoms with Crippen molar-refractivity contribution >= 4 is 10.2 Å². The van der Waals surface area contributed by atoms with E-state index >= 15 is 0 Å². The molecular formula is C10H22N2O2S. The minimum absolute atomic E-state index is 0.349. The molecule has 1 heterocycles. The van der Waals surface area contributed by atoms with Gasteiger partial charge in [-0.25, -0.2) is 4.72 Å². The zero-order chi connectivity index (χ0) is 11.5. The van der Waals surface area contributed by atoms with E-state index in [0.717, 1.165) is 12.8 Å². The highest BCUT2D eigenvalue weighted by molar-refractivity contribution is 7.87. The lowest BCUT2D eigenvalue weighted by Gasteiger charge is -2.30. The van der Waals surface area contributed by atoms with Crippen molar-refractivity contribution in [2.45, 2.75) is 33.6 Å². The third-order valence-corrected chi connectivity index (χ3v) is 4.18. The van der Waals surface area contributed by atoms with E-state index in [2.05, 4.69) is 11.6 Å². The van der Waals surface area contributed by atoms with Gasteiger partial charge >= 0.3 is 0 Å². The molecule has 0 saturated carbocycles. The van der Waals surface area contributed by atoms with Crippen molar-refractivity contribution in [3.05, 3.63) is 0 Å². The molecule has 0 unspecified atom stereocenters. The average molecular weight is 234 g/mol. The van der Waals surface area contributed by atoms with Gasteiger partial charge in [0.05, 0.1) is 0 Å². The Bertz CT molecular complexity index is 288. The molecule has 0 aromatic carbocycles. The van der Waals surface area contributed by atoms with Crippen molar-refractivity contribution in [3.8, 4) is 0 Å². The van der Waals surface area contributed by atoms with Gasteiger partial charge in [0.1, 0.15) is 0 Å². The number of hydrogen-bond acceptors (Lipinski definition) is 2. The average Bonchev–Trinajstić information content (AvgIpc) is 2.15. The van der Waals surface area contributed by atoms with Gasteiger partial charge in [0, 0.05) is 19.6 Å². The third-order valence-electron chi connectivity index (χ3n) is 2.63. The van der Waals surface area contributed by atoms with Crippen LogP contribution in [0.3, 0.4) is 0 Å². The molecule has 0 amide bonds. The largest absolute Gasteiger partial charge is 0.279 e. The molecule has 1 rings (SSSR count). The van der Waals surface area contributed by atoms with Gasteiger partial charge in [-0.05, 0) is 24.7 Å². The highest BCUT2D eigenvalue weighted by Crippen LogP contribution is 2.17. The Morgan fingerprint density at radius 2 is 2.13 bits per heavy atom. The predicted octanol–water partition coefficient (Wildman–Crippen LogP) is 1.21. The van der Waals surface area contributed by atoms with Crippen LogP contribution in [0.2, 0.25) is 0 Å². The molecule has 0 aromatic rings. The maximum Gasteiger partial charge on any atom is 0.279 e. The van der Waals surface area contributed by atoms with Crippen molar-refractivity contribution in [1.82, 2.24) is 9.03 Å². The van der Waals surface area contributed by atoms with Gasteiger partial charge in [-0.3, -0.25) is 0 Å². The molecule has 0 spiro atoms. The van der Waals surface area contributed by atoms with E-state index in [1.54, 1.807) is 4.31 Å². The Morgan fingerprint density at radius 1 is 1.47 bits per heavy atom. The number of piperidine rings is 1. The summed E-state index contributed by atoms with van der Waals surface area (Å²) in [6.07, 6.45) is 2.11. The van der Waals surface area contributed by atoms with E-state index in [1.807, 2.05) is 13.8 Å². The molecule has 15 heavy (non-hydrogen) atoms. The first-order chi connectivity index (χ1) is 6.92. The molecule has 1 N–H and O–H groups in total. The third kappa shape index (κ3) is 4.09. The van der Waals surface area contributed by atoms with Crippen LogP contribution in [0.4, 0.5) is 0 Å². The fourth-order valence-electron chi connectivity index (χ4n) is 1.73. The molecule has 4 nitrogen and oxygen atoms in total. The molecule has 0 bridgehead atoms. The fourth-order valence-corrected chi connectivity index (χ4v) is 3.27. The Kier molecular flexibility index (Phi) is 4.55. The second kappa shape index (κ2) is 5.27. The molecule has 0 aliphatic carbocycles. The topological polar surface area (TPSA) is 49.4 Å². The molecule has 1 atom stereocenters. The van der Waals surface area contributed by atoms with Crippen LogP contribution >= 0.6 is 0 Å². The van der Waals surface area contributed by atoms with Crippen LogP contribution in [0.5, 0.6) is 0 Å². The molecule has 1 aliphatic heterocycles. The normalized spacial score (nSPS) is 24.7. The van der Waals surface area contributed by atoms with E-state index < -0.39 is 10.2 Å². The Morgan fingerprint density at radius 3 is 2.67 bits per heavy atom. The molecule has 1 saturated heterocycles. The zero-order valence-electron chi connectivity index (χ0n) is 9.86. The summed E-state index contributed by atoms with van der Waals surface area (Å²) < 4.78 is 27.9. The van der Waals surface area contributed by atoms with Gasteiger partial charge in [0.15, 0.2) is 0 Å². The quantitative estimate of drug-likeness (QED) is 0.795. The van der Waals surface area contributed by atoms with Crippen LogP contribution in [0.25, 0.3) is 0 Å². The fraction of sp³-hybridized carbons (Fsp3) is 1.00. The van der Waals surface area contributed by atoms with E-state index in [9.17, 15) is 8.42 Å². The molecule has 5 heteroatoms. The molecule has 90 valence electrons. The van der Waals surface area contributed by atoms with Crippen LogP contribution in [-0.4, -0.2) is 32.4 Å². The summed E-state index contributed by atoms with van der Waals surface area (Å²) in [6.45, 7) is 7.95. The summed E-state index contributed by atoms with van der Waals surface area (Å²) in [4.78, 5) is 0. The molecule has 1 aliphatic rings. The second-order valence-corrected chi connectivity index (χ2v) is 6.61. The summed E-state index contributed by atoms with van der Waals surface area (Å²) in [5.41, 5.74) is 0. The highest BCUT2D eigenvalue weighted by Gasteiger charge is 2.26. The number of rotatable bonds is 4. The lowest BCUT2D eigenvalue weighted by atomic mass is 10.0. The highest BCUT2D eigenvalue weighted by atomic mass is 32.2. The number of nitrogens with zero attached hydrogens (tertiary/aromatic N) is 1. The smallest absolute Gasteiger partial charge is 0.202 e. The number of hydrogen-bond donors (Lipinski definition) is 1. The van der Waals surface area contributed by atoms with Gasteiger partial charge in [-0.15, -0.1) is 0 Å². The molecule has 1 fully saturated rings. The minimum Gasteiger partial charge on any atom is -0.202 e. The van der Waals surface area contributed by atoms with E-state index in [-0.39, 0.29) is 0 Å². The second-order valence-electron chi connectivity index (χ2n) is 4.85. The van der Waals surface area contributed by atoms with Crippen LogP contribution in [0, 0.1) is 11.8 Å². The lowest BCUT2D eigenvalue weighted by Crippen LogP contribution is -2.46. The van der Waals surface area contributed by atoms with Gasteiger partial charge in [0.2, 0.25) is 0 Å². The monoisotopic (exact) mass is 234 g/mol. The van der Waals surface area contributed by atoms with E-state index in [4.69, 9.17) is 0 Å². The Labute approximate surface area is 93.2 Å². The first kappa shape index (κ1) is 12.9. The van der Waals surface area contributed by atoms with Crippen LogP contribution in [0.15, 0.2) is 0 Å². The van der Waals surface area contributed by atoms with Crippen LogP contribution < -0.4 is 4.72 Å². The predicted molar refractivity (Wildman–Crippen MR) is 61.7 cm³/mol.